The Morgan fingerprint density at radius 2 is 2.24 bits per heavy atom. The number of rotatable bonds is 5. The smallest absolute Gasteiger partial charge is 0.261 e. The van der Waals surface area contributed by atoms with Gasteiger partial charge in [-0.15, -0.1) is 11.3 Å². The van der Waals surface area contributed by atoms with Gasteiger partial charge in [0.1, 0.15) is 0 Å². The van der Waals surface area contributed by atoms with E-state index in [-0.39, 0.29) is 5.91 Å². The quantitative estimate of drug-likeness (QED) is 0.641. The highest BCUT2D eigenvalue weighted by atomic mass is 32.1. The van der Waals surface area contributed by atoms with Crippen LogP contribution in [0, 0.1) is 18.8 Å². The fourth-order valence-corrected chi connectivity index (χ4v) is 3.41. The van der Waals surface area contributed by atoms with Crippen molar-refractivity contribution in [2.24, 2.45) is 5.73 Å². The van der Waals surface area contributed by atoms with Crippen LogP contribution in [0.2, 0.25) is 0 Å². The van der Waals surface area contributed by atoms with Crippen molar-refractivity contribution in [1.82, 2.24) is 10.2 Å². The first-order valence-electron chi connectivity index (χ1n) is 7.50. The fourth-order valence-electron chi connectivity index (χ4n) is 2.45. The third kappa shape index (κ3) is 4.85. The van der Waals surface area contributed by atoms with Crippen LogP contribution in [0.15, 0.2) is 6.07 Å². The topological polar surface area (TPSA) is 58.4 Å². The molecule has 5 heteroatoms. The molecular formula is C16H23N3OS. The van der Waals surface area contributed by atoms with Crippen LogP contribution < -0.4 is 11.1 Å². The van der Waals surface area contributed by atoms with Gasteiger partial charge in [-0.3, -0.25) is 4.79 Å². The summed E-state index contributed by atoms with van der Waals surface area (Å²) >= 11 is 1.44. The average Bonchev–Trinajstić information content (AvgIpc) is 3.11. The zero-order chi connectivity index (χ0) is 15.1. The molecule has 2 heterocycles. The maximum Gasteiger partial charge on any atom is 0.261 e. The number of nitrogens with zero attached hydrogens (tertiary/aromatic N) is 1. The van der Waals surface area contributed by atoms with Gasteiger partial charge in [-0.25, -0.2) is 0 Å². The molecule has 1 fully saturated rings. The number of carbonyl (C=O) groups excluding carboxylic acids is 1. The number of nitrogens with two attached hydrogens (primary N) is 1. The summed E-state index contributed by atoms with van der Waals surface area (Å²) < 4.78 is 0. The monoisotopic (exact) mass is 305 g/mol. The van der Waals surface area contributed by atoms with E-state index in [0.29, 0.717) is 6.54 Å². The van der Waals surface area contributed by atoms with Crippen molar-refractivity contribution in [3.05, 3.63) is 21.4 Å². The van der Waals surface area contributed by atoms with Crippen LogP contribution in [0.3, 0.4) is 0 Å². The van der Waals surface area contributed by atoms with Gasteiger partial charge in [-0.1, -0.05) is 11.8 Å². The molecule has 0 saturated carbocycles. The summed E-state index contributed by atoms with van der Waals surface area (Å²) in [5, 5.41) is 2.99. The molecule has 1 amide bonds. The molecule has 3 N–H and O–H groups in total. The van der Waals surface area contributed by atoms with Crippen molar-refractivity contribution in [2.75, 3.05) is 32.7 Å². The number of aryl methyl sites for hydroxylation is 1. The van der Waals surface area contributed by atoms with Crippen LogP contribution in [0.1, 0.15) is 39.4 Å². The summed E-state index contributed by atoms with van der Waals surface area (Å²) in [4.78, 5) is 16.2. The van der Waals surface area contributed by atoms with E-state index in [1.807, 2.05) is 13.0 Å². The van der Waals surface area contributed by atoms with Crippen LogP contribution >= 0.6 is 11.3 Å². The number of nitrogens with one attached hydrogen (secondary N) is 1. The molecule has 1 aliphatic rings. The second-order valence-electron chi connectivity index (χ2n) is 5.29. The van der Waals surface area contributed by atoms with Crippen LogP contribution in [0.5, 0.6) is 0 Å². The SMILES string of the molecule is Cc1cc(C(=O)NCCCN2CCCC2)sc1C#CCN. The lowest BCUT2D eigenvalue weighted by Crippen LogP contribution is -2.28. The first-order chi connectivity index (χ1) is 10.2. The van der Waals surface area contributed by atoms with Crippen molar-refractivity contribution in [3.8, 4) is 11.8 Å². The van der Waals surface area contributed by atoms with Gasteiger partial charge >= 0.3 is 0 Å². The first-order valence-corrected chi connectivity index (χ1v) is 8.32. The predicted molar refractivity (Wildman–Crippen MR) is 87.6 cm³/mol. The number of amides is 1. The number of likely N-dealkylation sites (tertiary alicyclic amines) is 1. The lowest BCUT2D eigenvalue weighted by molar-refractivity contribution is 0.0956. The largest absolute Gasteiger partial charge is 0.351 e. The molecule has 114 valence electrons. The summed E-state index contributed by atoms with van der Waals surface area (Å²) in [6.45, 7) is 6.55. The van der Waals surface area contributed by atoms with E-state index in [2.05, 4.69) is 22.1 Å². The molecule has 4 nitrogen and oxygen atoms in total. The van der Waals surface area contributed by atoms with Crippen molar-refractivity contribution in [2.45, 2.75) is 26.2 Å². The molecule has 0 aliphatic carbocycles. The van der Waals surface area contributed by atoms with Gasteiger partial charge in [0.25, 0.3) is 5.91 Å². The summed E-state index contributed by atoms with van der Waals surface area (Å²) in [7, 11) is 0. The molecule has 1 aliphatic heterocycles. The van der Waals surface area contributed by atoms with Gasteiger partial charge in [0.15, 0.2) is 0 Å². The molecule has 21 heavy (non-hydrogen) atoms. The van der Waals surface area contributed by atoms with E-state index in [1.54, 1.807) is 0 Å². The van der Waals surface area contributed by atoms with E-state index in [0.717, 1.165) is 34.8 Å². The van der Waals surface area contributed by atoms with Crippen molar-refractivity contribution in [3.63, 3.8) is 0 Å². The number of thiophene rings is 1. The maximum absolute atomic E-state index is 12.1. The predicted octanol–water partition coefficient (Wildman–Crippen LogP) is 1.58. The maximum atomic E-state index is 12.1. The Morgan fingerprint density at radius 3 is 2.95 bits per heavy atom. The van der Waals surface area contributed by atoms with Gasteiger partial charge < -0.3 is 16.0 Å². The summed E-state index contributed by atoms with van der Waals surface area (Å²) in [6.07, 6.45) is 3.64. The summed E-state index contributed by atoms with van der Waals surface area (Å²) in [5.41, 5.74) is 6.42. The zero-order valence-corrected chi connectivity index (χ0v) is 13.4. The Kier molecular flexibility index (Phi) is 6.24. The Bertz CT molecular complexity index is 535. The van der Waals surface area contributed by atoms with Gasteiger partial charge in [0, 0.05) is 6.54 Å². The minimum Gasteiger partial charge on any atom is -0.351 e. The third-order valence-corrected chi connectivity index (χ3v) is 4.73. The van der Waals surface area contributed by atoms with Crippen molar-refractivity contribution in [1.29, 1.82) is 0 Å². The molecule has 2 rings (SSSR count). The van der Waals surface area contributed by atoms with Crippen LogP contribution in [-0.4, -0.2) is 43.5 Å². The third-order valence-electron chi connectivity index (χ3n) is 3.58. The van der Waals surface area contributed by atoms with Crippen molar-refractivity contribution >= 4 is 17.2 Å². The van der Waals surface area contributed by atoms with E-state index in [9.17, 15) is 4.79 Å². The first kappa shape index (κ1) is 16.0. The molecule has 0 spiro atoms. The van der Waals surface area contributed by atoms with E-state index < -0.39 is 0 Å². The van der Waals surface area contributed by atoms with E-state index >= 15 is 0 Å². The molecule has 0 bridgehead atoms. The minimum absolute atomic E-state index is 0.00493. The molecule has 0 radical (unpaired) electrons. The van der Waals surface area contributed by atoms with Gasteiger partial charge in [0.05, 0.1) is 16.3 Å². The van der Waals surface area contributed by atoms with Gasteiger partial charge in [0.2, 0.25) is 0 Å². The second kappa shape index (κ2) is 8.18. The fraction of sp³-hybridized carbons (Fsp3) is 0.562. The van der Waals surface area contributed by atoms with Gasteiger partial charge in [-0.2, -0.15) is 0 Å². The Morgan fingerprint density at radius 1 is 1.48 bits per heavy atom. The summed E-state index contributed by atoms with van der Waals surface area (Å²) in [5.74, 6) is 5.85. The van der Waals surface area contributed by atoms with E-state index in [4.69, 9.17) is 5.73 Å². The summed E-state index contributed by atoms with van der Waals surface area (Å²) in [6, 6.07) is 1.90. The minimum atomic E-state index is 0.00493. The number of hydrogen-bond donors (Lipinski definition) is 2. The average molecular weight is 305 g/mol. The normalized spacial score (nSPS) is 14.8. The Labute approximate surface area is 130 Å². The molecule has 0 unspecified atom stereocenters. The van der Waals surface area contributed by atoms with Gasteiger partial charge in [-0.05, 0) is 57.5 Å². The highest BCUT2D eigenvalue weighted by molar-refractivity contribution is 7.14. The zero-order valence-electron chi connectivity index (χ0n) is 12.6. The van der Waals surface area contributed by atoms with Crippen molar-refractivity contribution < 1.29 is 4.79 Å². The Hall–Kier alpha value is -1.35. The number of carbonyl (C=O) groups is 1. The Balaban J connectivity index is 1.77. The highest BCUT2D eigenvalue weighted by Crippen LogP contribution is 2.20. The lowest BCUT2D eigenvalue weighted by Gasteiger charge is -2.14. The lowest BCUT2D eigenvalue weighted by atomic mass is 10.2. The molecule has 1 aromatic heterocycles. The second-order valence-corrected chi connectivity index (χ2v) is 6.34. The van der Waals surface area contributed by atoms with E-state index in [1.165, 1.54) is 37.3 Å². The molecular weight excluding hydrogens is 282 g/mol. The van der Waals surface area contributed by atoms with Crippen LogP contribution in [0.4, 0.5) is 0 Å². The molecule has 0 aromatic carbocycles. The van der Waals surface area contributed by atoms with Crippen LogP contribution in [0.25, 0.3) is 0 Å². The molecule has 1 aromatic rings. The highest BCUT2D eigenvalue weighted by Gasteiger charge is 2.12. The van der Waals surface area contributed by atoms with Crippen LogP contribution in [-0.2, 0) is 0 Å². The molecule has 0 atom stereocenters. The molecule has 1 saturated heterocycles. The number of hydrogen-bond acceptors (Lipinski definition) is 4. The standard InChI is InChI=1S/C16H23N3OS/c1-13-12-15(21-14(13)6-4-7-17)16(20)18-8-5-11-19-9-2-3-10-19/h12H,2-3,5,7-11,17H2,1H3,(H,18,20).